The molecule has 220 valence electrons. The summed E-state index contributed by atoms with van der Waals surface area (Å²) in [4.78, 5) is 32.3. The molecule has 0 aromatic heterocycles. The number of urea groups is 1. The SMILES string of the molecule is C[C@@H]1CCCCO[C@@H](CN(C)C(=O)Nc2ccccc2)[C@@H](C)CN([C@@H](C)CO)C(=O)c2cc(N(C)C)ccc2O1. The number of hydrogen-bond acceptors (Lipinski definition) is 6. The lowest BCUT2D eigenvalue weighted by molar-refractivity contribution is -0.0115. The summed E-state index contributed by atoms with van der Waals surface area (Å²) in [5.41, 5.74) is 2.08. The van der Waals surface area contributed by atoms with Crippen LogP contribution in [0.1, 0.15) is 50.4 Å². The number of fused-ring (bicyclic) bond motifs is 1. The van der Waals surface area contributed by atoms with Crippen molar-refractivity contribution in [2.24, 2.45) is 5.92 Å². The van der Waals surface area contributed by atoms with Crippen LogP contribution in [0.25, 0.3) is 0 Å². The highest BCUT2D eigenvalue weighted by atomic mass is 16.5. The second-order valence-corrected chi connectivity index (χ2v) is 11.1. The molecule has 1 aliphatic rings. The molecule has 1 heterocycles. The number of carbonyl (C=O) groups is 2. The van der Waals surface area contributed by atoms with Crippen molar-refractivity contribution < 1.29 is 24.2 Å². The lowest BCUT2D eigenvalue weighted by atomic mass is 10.0. The number of amides is 3. The van der Waals surface area contributed by atoms with E-state index in [1.165, 1.54) is 0 Å². The molecule has 1 aliphatic heterocycles. The molecule has 0 saturated heterocycles. The molecule has 2 aromatic rings. The van der Waals surface area contributed by atoms with Crippen LogP contribution in [0, 0.1) is 5.92 Å². The van der Waals surface area contributed by atoms with Gasteiger partial charge in [-0.2, -0.15) is 0 Å². The van der Waals surface area contributed by atoms with Gasteiger partial charge >= 0.3 is 6.03 Å². The summed E-state index contributed by atoms with van der Waals surface area (Å²) < 4.78 is 12.6. The predicted octanol–water partition coefficient (Wildman–Crippen LogP) is 4.71. The third-order valence-corrected chi connectivity index (χ3v) is 7.38. The van der Waals surface area contributed by atoms with E-state index < -0.39 is 6.04 Å². The highest BCUT2D eigenvalue weighted by Gasteiger charge is 2.31. The number of aliphatic hydroxyl groups is 1. The number of anilines is 2. The van der Waals surface area contributed by atoms with Crippen molar-refractivity contribution in [3.05, 3.63) is 54.1 Å². The van der Waals surface area contributed by atoms with Gasteiger partial charge in [0.2, 0.25) is 0 Å². The van der Waals surface area contributed by atoms with Gasteiger partial charge in [-0.25, -0.2) is 4.79 Å². The number of nitrogens with zero attached hydrogens (tertiary/aromatic N) is 3. The van der Waals surface area contributed by atoms with Gasteiger partial charge < -0.3 is 34.6 Å². The lowest BCUT2D eigenvalue weighted by Crippen LogP contribution is -2.48. The first-order chi connectivity index (χ1) is 19.1. The minimum atomic E-state index is -0.420. The van der Waals surface area contributed by atoms with Crippen LogP contribution in [0.3, 0.4) is 0 Å². The van der Waals surface area contributed by atoms with E-state index in [1.807, 2.05) is 88.3 Å². The van der Waals surface area contributed by atoms with Crippen LogP contribution in [0.5, 0.6) is 5.75 Å². The fraction of sp³-hybridized carbons (Fsp3) is 0.548. The van der Waals surface area contributed by atoms with Crippen molar-refractivity contribution in [3.8, 4) is 5.75 Å². The van der Waals surface area contributed by atoms with Crippen LogP contribution < -0.4 is 15.0 Å². The zero-order valence-electron chi connectivity index (χ0n) is 24.8. The minimum absolute atomic E-state index is 0.0778. The molecule has 3 amide bonds. The van der Waals surface area contributed by atoms with Crippen LogP contribution >= 0.6 is 0 Å². The predicted molar refractivity (Wildman–Crippen MR) is 159 cm³/mol. The first-order valence-corrected chi connectivity index (χ1v) is 14.2. The second kappa shape index (κ2) is 14.9. The number of rotatable bonds is 6. The van der Waals surface area contributed by atoms with Gasteiger partial charge in [0.25, 0.3) is 5.91 Å². The van der Waals surface area contributed by atoms with Crippen molar-refractivity contribution >= 4 is 23.3 Å². The molecule has 0 aliphatic carbocycles. The molecule has 0 spiro atoms. The molecule has 4 atom stereocenters. The number of hydrogen-bond donors (Lipinski definition) is 2. The Balaban J connectivity index is 1.88. The van der Waals surface area contributed by atoms with Crippen molar-refractivity contribution in [2.45, 2.75) is 58.3 Å². The van der Waals surface area contributed by atoms with Gasteiger partial charge in [0.15, 0.2) is 0 Å². The number of para-hydroxylation sites is 1. The fourth-order valence-corrected chi connectivity index (χ4v) is 4.74. The van der Waals surface area contributed by atoms with Gasteiger partial charge in [-0.15, -0.1) is 0 Å². The maximum atomic E-state index is 14.1. The molecule has 2 N–H and O–H groups in total. The van der Waals surface area contributed by atoms with Gasteiger partial charge in [0.1, 0.15) is 5.75 Å². The Bertz CT molecular complexity index is 1100. The molecule has 9 nitrogen and oxygen atoms in total. The average molecular weight is 555 g/mol. The van der Waals surface area contributed by atoms with E-state index in [-0.39, 0.29) is 36.7 Å². The molecule has 0 bridgehead atoms. The molecular formula is C31H46N4O5. The number of nitrogens with one attached hydrogen (secondary N) is 1. The van der Waals surface area contributed by atoms with Crippen molar-refractivity contribution in [1.82, 2.24) is 9.80 Å². The smallest absolute Gasteiger partial charge is 0.321 e. The zero-order chi connectivity index (χ0) is 29.2. The summed E-state index contributed by atoms with van der Waals surface area (Å²) in [6.45, 7) is 6.95. The Morgan fingerprint density at radius 1 is 1.12 bits per heavy atom. The summed E-state index contributed by atoms with van der Waals surface area (Å²) in [6.07, 6.45) is 2.21. The van der Waals surface area contributed by atoms with Crippen molar-refractivity contribution in [2.75, 3.05) is 57.7 Å². The number of ether oxygens (including phenoxy) is 2. The first kappa shape index (κ1) is 31.2. The molecule has 0 fully saturated rings. The number of likely N-dealkylation sites (N-methyl/N-ethyl adjacent to an activating group) is 1. The topological polar surface area (TPSA) is 94.6 Å². The molecule has 0 radical (unpaired) electrons. The van der Waals surface area contributed by atoms with Gasteiger partial charge in [-0.05, 0) is 63.4 Å². The molecule has 40 heavy (non-hydrogen) atoms. The molecule has 0 unspecified atom stereocenters. The van der Waals surface area contributed by atoms with Crippen LogP contribution in [-0.2, 0) is 4.74 Å². The summed E-state index contributed by atoms with van der Waals surface area (Å²) in [5, 5.41) is 13.0. The number of aliphatic hydroxyl groups excluding tert-OH is 1. The standard InChI is InChI=1S/C31H46N4O5/c1-22-19-35(23(2)21-36)30(37)27-18-26(33(4)5)15-16-28(27)40-24(3)12-10-11-17-39-29(22)20-34(6)31(38)32-25-13-8-7-9-14-25/h7-9,13-16,18,22-24,29,36H,10-12,17,19-21H2,1-6H3,(H,32,38)/t22-,23-,24+,29-/m0/s1. The van der Waals surface area contributed by atoms with Crippen molar-refractivity contribution in [1.29, 1.82) is 0 Å². The van der Waals surface area contributed by atoms with Crippen LogP contribution in [0.2, 0.25) is 0 Å². The monoisotopic (exact) mass is 554 g/mol. The zero-order valence-corrected chi connectivity index (χ0v) is 24.8. The largest absolute Gasteiger partial charge is 0.490 e. The minimum Gasteiger partial charge on any atom is -0.490 e. The van der Waals surface area contributed by atoms with E-state index in [4.69, 9.17) is 9.47 Å². The highest BCUT2D eigenvalue weighted by Crippen LogP contribution is 2.29. The molecule has 0 saturated carbocycles. The van der Waals surface area contributed by atoms with Gasteiger partial charge in [0.05, 0.1) is 30.4 Å². The van der Waals surface area contributed by atoms with Crippen LogP contribution in [0.15, 0.2) is 48.5 Å². The fourth-order valence-electron chi connectivity index (χ4n) is 4.74. The summed E-state index contributed by atoms with van der Waals surface area (Å²) in [6, 6.07) is 14.4. The summed E-state index contributed by atoms with van der Waals surface area (Å²) >= 11 is 0. The molecule has 3 rings (SSSR count). The highest BCUT2D eigenvalue weighted by molar-refractivity contribution is 5.98. The van der Waals surface area contributed by atoms with Crippen molar-refractivity contribution in [3.63, 3.8) is 0 Å². The second-order valence-electron chi connectivity index (χ2n) is 11.1. The van der Waals surface area contributed by atoms with E-state index in [0.717, 1.165) is 30.6 Å². The maximum Gasteiger partial charge on any atom is 0.321 e. The first-order valence-electron chi connectivity index (χ1n) is 14.2. The van der Waals surface area contributed by atoms with E-state index in [9.17, 15) is 14.7 Å². The molecular weight excluding hydrogens is 508 g/mol. The Hall–Kier alpha value is -3.30. The number of carbonyl (C=O) groups excluding carboxylic acids is 2. The average Bonchev–Trinajstić information content (AvgIpc) is 2.94. The van der Waals surface area contributed by atoms with E-state index in [2.05, 4.69) is 5.32 Å². The Morgan fingerprint density at radius 3 is 2.52 bits per heavy atom. The summed E-state index contributed by atoms with van der Waals surface area (Å²) in [7, 11) is 5.61. The Labute approximate surface area is 239 Å². The van der Waals surface area contributed by atoms with Gasteiger partial charge in [-0.3, -0.25) is 4.79 Å². The van der Waals surface area contributed by atoms with Gasteiger partial charge in [0, 0.05) is 58.1 Å². The van der Waals surface area contributed by atoms with Gasteiger partial charge in [-0.1, -0.05) is 25.1 Å². The molecule has 9 heteroatoms. The van der Waals surface area contributed by atoms with E-state index in [0.29, 0.717) is 31.0 Å². The van der Waals surface area contributed by atoms with E-state index in [1.54, 1.807) is 16.8 Å². The number of benzene rings is 2. The summed E-state index contributed by atoms with van der Waals surface area (Å²) in [5.74, 6) is 0.228. The maximum absolute atomic E-state index is 14.1. The normalized spacial score (nSPS) is 21.4. The lowest BCUT2D eigenvalue weighted by Gasteiger charge is -2.36. The van der Waals surface area contributed by atoms with Crippen LogP contribution in [0.4, 0.5) is 16.2 Å². The Morgan fingerprint density at radius 2 is 1.85 bits per heavy atom. The van der Waals surface area contributed by atoms with E-state index >= 15 is 0 Å². The third-order valence-electron chi connectivity index (χ3n) is 7.38. The molecule has 2 aromatic carbocycles. The van der Waals surface area contributed by atoms with Crippen LogP contribution in [-0.4, -0.2) is 92.5 Å². The third kappa shape index (κ3) is 8.60. The Kier molecular flexibility index (Phi) is 11.6. The quantitative estimate of drug-likeness (QED) is 0.537.